The second-order valence-corrected chi connectivity index (χ2v) is 5.55. The molecule has 1 heterocycles. The Labute approximate surface area is 130 Å². The van der Waals surface area contributed by atoms with Gasteiger partial charge in [0.1, 0.15) is 5.75 Å². The van der Waals surface area contributed by atoms with Crippen LogP contribution in [0.1, 0.15) is 5.56 Å². The maximum atomic E-state index is 11.7. The molecule has 0 radical (unpaired) electrons. The van der Waals surface area contributed by atoms with Gasteiger partial charge in [-0.2, -0.15) is 5.10 Å². The Balaban J connectivity index is 1.79. The third kappa shape index (κ3) is 4.73. The van der Waals surface area contributed by atoms with Crippen molar-refractivity contribution in [3.05, 3.63) is 27.3 Å². The van der Waals surface area contributed by atoms with E-state index < -0.39 is 0 Å². The fourth-order valence-electron chi connectivity index (χ4n) is 1.78. The first-order valence-corrected chi connectivity index (χ1v) is 7.33. The number of ether oxygens (including phenoxy) is 1. The Hall–Kier alpha value is -1.19. The lowest BCUT2D eigenvalue weighted by Gasteiger charge is -2.25. The van der Waals surface area contributed by atoms with Gasteiger partial charge >= 0.3 is 0 Å². The summed E-state index contributed by atoms with van der Waals surface area (Å²) in [6.45, 7) is 3.21. The number of carbonyl (C=O) groups is 1. The molecule has 7 heteroatoms. The summed E-state index contributed by atoms with van der Waals surface area (Å²) in [7, 11) is 0. The fraction of sp³-hybridized carbons (Fsp3) is 0.385. The van der Waals surface area contributed by atoms with Crippen LogP contribution in [0.15, 0.2) is 23.3 Å². The average molecular weight is 389 g/mol. The van der Waals surface area contributed by atoms with Gasteiger partial charge in [-0.1, -0.05) is 0 Å². The van der Waals surface area contributed by atoms with Gasteiger partial charge in [-0.25, -0.2) is 5.43 Å². The Morgan fingerprint density at radius 1 is 1.50 bits per heavy atom. The van der Waals surface area contributed by atoms with Crippen LogP contribution in [0.5, 0.6) is 5.75 Å². The molecule has 6 nitrogen and oxygen atoms in total. The summed E-state index contributed by atoms with van der Waals surface area (Å²) in [6.07, 6.45) is 1.55. The van der Waals surface area contributed by atoms with Crippen molar-refractivity contribution in [2.24, 2.45) is 5.10 Å². The molecule has 1 fully saturated rings. The molecule has 1 amide bonds. The third-order valence-electron chi connectivity index (χ3n) is 2.85. The van der Waals surface area contributed by atoms with Gasteiger partial charge in [0.05, 0.1) is 29.5 Å². The number of morpholine rings is 1. The van der Waals surface area contributed by atoms with Gasteiger partial charge in [0.25, 0.3) is 5.91 Å². The number of amides is 1. The van der Waals surface area contributed by atoms with Crippen molar-refractivity contribution < 1.29 is 14.6 Å². The fourth-order valence-corrected chi connectivity index (χ4v) is 2.32. The lowest BCUT2D eigenvalue weighted by molar-refractivity contribution is -0.123. The molecule has 0 unspecified atom stereocenters. The zero-order valence-electron chi connectivity index (χ0n) is 10.9. The van der Waals surface area contributed by atoms with Crippen molar-refractivity contribution in [1.29, 1.82) is 0 Å². The smallest absolute Gasteiger partial charge is 0.254 e. The van der Waals surface area contributed by atoms with E-state index in [9.17, 15) is 9.90 Å². The van der Waals surface area contributed by atoms with Gasteiger partial charge in [-0.15, -0.1) is 0 Å². The van der Waals surface area contributed by atoms with E-state index in [0.29, 0.717) is 19.8 Å². The number of nitrogens with one attached hydrogen (secondary N) is 1. The third-order valence-corrected chi connectivity index (χ3v) is 3.71. The van der Waals surface area contributed by atoms with Crippen molar-refractivity contribution in [3.63, 3.8) is 0 Å². The number of phenols is 1. The first-order valence-electron chi connectivity index (χ1n) is 6.25. The van der Waals surface area contributed by atoms with Gasteiger partial charge in [0.15, 0.2) is 0 Å². The van der Waals surface area contributed by atoms with Crippen LogP contribution in [0.4, 0.5) is 0 Å². The molecule has 0 aromatic heterocycles. The van der Waals surface area contributed by atoms with E-state index in [4.69, 9.17) is 4.74 Å². The molecule has 2 rings (SSSR count). The molecular formula is C13H16IN3O3. The van der Waals surface area contributed by atoms with Crippen LogP contribution in [0.2, 0.25) is 0 Å². The molecule has 20 heavy (non-hydrogen) atoms. The Bertz CT molecular complexity index is 502. The predicted molar refractivity (Wildman–Crippen MR) is 83.8 cm³/mol. The van der Waals surface area contributed by atoms with Crippen LogP contribution in [0.3, 0.4) is 0 Å². The van der Waals surface area contributed by atoms with Crippen molar-refractivity contribution in [2.45, 2.75) is 0 Å². The molecule has 1 aromatic rings. The van der Waals surface area contributed by atoms with Gasteiger partial charge in [-0.3, -0.25) is 9.69 Å². The number of rotatable bonds is 4. The molecule has 108 valence electrons. The van der Waals surface area contributed by atoms with Crippen molar-refractivity contribution in [2.75, 3.05) is 32.8 Å². The second kappa shape index (κ2) is 7.55. The summed E-state index contributed by atoms with van der Waals surface area (Å²) < 4.78 is 5.96. The zero-order valence-corrected chi connectivity index (χ0v) is 13.0. The van der Waals surface area contributed by atoms with E-state index in [1.54, 1.807) is 24.4 Å². The molecular weight excluding hydrogens is 373 g/mol. The number of phenolic OH excluding ortho intramolecular Hbond substituents is 1. The molecule has 0 spiro atoms. The molecule has 0 aliphatic carbocycles. The van der Waals surface area contributed by atoms with Crippen molar-refractivity contribution >= 4 is 34.7 Å². The van der Waals surface area contributed by atoms with Gasteiger partial charge in [0.2, 0.25) is 0 Å². The van der Waals surface area contributed by atoms with Crippen LogP contribution >= 0.6 is 22.6 Å². The summed E-state index contributed by atoms with van der Waals surface area (Å²) in [4.78, 5) is 13.7. The van der Waals surface area contributed by atoms with Crippen molar-refractivity contribution in [3.8, 4) is 5.75 Å². The molecule has 1 aliphatic heterocycles. The minimum atomic E-state index is -0.142. The number of hydrazone groups is 1. The summed E-state index contributed by atoms with van der Waals surface area (Å²) in [6, 6.07) is 5.11. The van der Waals surface area contributed by atoms with E-state index >= 15 is 0 Å². The number of hydrogen-bond acceptors (Lipinski definition) is 5. The topological polar surface area (TPSA) is 74.2 Å². The Morgan fingerprint density at radius 2 is 2.25 bits per heavy atom. The molecule has 0 atom stereocenters. The summed E-state index contributed by atoms with van der Waals surface area (Å²) in [5, 5.41) is 13.3. The molecule has 1 aromatic carbocycles. The lowest BCUT2D eigenvalue weighted by atomic mass is 10.2. The second-order valence-electron chi connectivity index (χ2n) is 4.39. The number of aromatic hydroxyl groups is 1. The predicted octanol–water partition coefficient (Wildman–Crippen LogP) is 0.779. The SMILES string of the molecule is O=C(CN1CCOCC1)N/N=C\c1ccc(O)c(I)c1. The van der Waals surface area contributed by atoms with Crippen molar-refractivity contribution in [1.82, 2.24) is 10.3 Å². The summed E-state index contributed by atoms with van der Waals surface area (Å²) >= 11 is 2.03. The molecule has 2 N–H and O–H groups in total. The summed E-state index contributed by atoms with van der Waals surface area (Å²) in [5.41, 5.74) is 3.31. The minimum Gasteiger partial charge on any atom is -0.507 e. The van der Waals surface area contributed by atoms with E-state index in [0.717, 1.165) is 22.2 Å². The van der Waals surface area contributed by atoms with E-state index in [1.807, 2.05) is 27.5 Å². The van der Waals surface area contributed by atoms with Gasteiger partial charge in [0, 0.05) is 13.1 Å². The quantitative estimate of drug-likeness (QED) is 0.454. The van der Waals surface area contributed by atoms with E-state index in [2.05, 4.69) is 10.5 Å². The van der Waals surface area contributed by atoms with Crippen LogP contribution < -0.4 is 5.43 Å². The first-order chi connectivity index (χ1) is 9.65. The Kier molecular flexibility index (Phi) is 5.74. The molecule has 1 saturated heterocycles. The number of hydrogen-bond donors (Lipinski definition) is 2. The molecule has 0 saturated carbocycles. The summed E-state index contributed by atoms with van der Waals surface area (Å²) in [5.74, 6) is 0.0933. The highest BCUT2D eigenvalue weighted by Crippen LogP contribution is 2.19. The maximum Gasteiger partial charge on any atom is 0.254 e. The van der Waals surface area contributed by atoms with Crippen LogP contribution in [-0.4, -0.2) is 55.0 Å². The lowest BCUT2D eigenvalue weighted by Crippen LogP contribution is -2.42. The average Bonchev–Trinajstić information content (AvgIpc) is 2.44. The van der Waals surface area contributed by atoms with Crippen LogP contribution in [-0.2, 0) is 9.53 Å². The first kappa shape index (κ1) is 15.2. The zero-order chi connectivity index (χ0) is 14.4. The monoisotopic (exact) mass is 389 g/mol. The van der Waals surface area contributed by atoms with Crippen LogP contribution in [0.25, 0.3) is 0 Å². The largest absolute Gasteiger partial charge is 0.507 e. The Morgan fingerprint density at radius 3 is 2.95 bits per heavy atom. The highest BCUT2D eigenvalue weighted by Gasteiger charge is 2.13. The normalized spacial score (nSPS) is 16.4. The van der Waals surface area contributed by atoms with E-state index in [-0.39, 0.29) is 11.7 Å². The number of halogens is 1. The number of carbonyl (C=O) groups excluding carboxylic acids is 1. The highest BCUT2D eigenvalue weighted by molar-refractivity contribution is 14.1. The highest BCUT2D eigenvalue weighted by atomic mass is 127. The van der Waals surface area contributed by atoms with Gasteiger partial charge in [-0.05, 0) is 46.4 Å². The minimum absolute atomic E-state index is 0.142. The van der Waals surface area contributed by atoms with E-state index in [1.165, 1.54) is 0 Å². The number of nitrogens with zero attached hydrogens (tertiary/aromatic N) is 2. The standard InChI is InChI=1S/C13H16IN3O3/c14-11-7-10(1-2-12(11)18)8-15-16-13(19)9-17-3-5-20-6-4-17/h1-2,7-8,18H,3-6,9H2,(H,16,19)/b15-8-. The maximum absolute atomic E-state index is 11.7. The number of benzene rings is 1. The molecule has 1 aliphatic rings. The van der Waals surface area contributed by atoms with Gasteiger partial charge < -0.3 is 9.84 Å². The molecule has 0 bridgehead atoms. The van der Waals surface area contributed by atoms with Crippen LogP contribution in [0, 0.1) is 3.57 Å².